The quantitative estimate of drug-likeness (QED) is 0.391. The number of rotatable bonds is 10. The topological polar surface area (TPSA) is 110 Å². The lowest BCUT2D eigenvalue weighted by Gasteiger charge is -2.30. The van der Waals surface area contributed by atoms with Gasteiger partial charge >= 0.3 is 0 Å². The fourth-order valence-corrected chi connectivity index (χ4v) is 2.30. The molecular formula is C18H28O6. The van der Waals surface area contributed by atoms with Crippen LogP contribution in [-0.4, -0.2) is 62.7 Å². The highest BCUT2D eigenvalue weighted by Crippen LogP contribution is 2.17. The summed E-state index contributed by atoms with van der Waals surface area (Å²) < 4.78 is 5.74. The monoisotopic (exact) mass is 340 g/mol. The van der Waals surface area contributed by atoms with Crippen molar-refractivity contribution in [2.45, 2.75) is 57.4 Å². The predicted molar refractivity (Wildman–Crippen MR) is 90.3 cm³/mol. The van der Waals surface area contributed by atoms with Crippen LogP contribution in [0.2, 0.25) is 0 Å². The Hall–Kier alpha value is -1.28. The van der Waals surface area contributed by atoms with Crippen LogP contribution >= 0.6 is 0 Å². The number of aliphatic hydroxyl groups excluding tert-OH is 5. The molecule has 6 nitrogen and oxygen atoms in total. The maximum absolute atomic E-state index is 10.3. The molecule has 0 radical (unpaired) electrons. The number of aryl methyl sites for hydroxylation is 1. The summed E-state index contributed by atoms with van der Waals surface area (Å²) in [7, 11) is 0. The van der Waals surface area contributed by atoms with Crippen molar-refractivity contribution < 1.29 is 30.3 Å². The van der Waals surface area contributed by atoms with Crippen molar-refractivity contribution in [3.8, 4) is 0 Å². The molecule has 6 heteroatoms. The van der Waals surface area contributed by atoms with E-state index >= 15 is 0 Å². The van der Waals surface area contributed by atoms with Gasteiger partial charge in [0, 0.05) is 0 Å². The molecule has 0 bridgehead atoms. The van der Waals surface area contributed by atoms with E-state index in [-0.39, 0.29) is 6.61 Å². The zero-order valence-electron chi connectivity index (χ0n) is 14.1. The Morgan fingerprint density at radius 2 is 1.71 bits per heavy atom. The van der Waals surface area contributed by atoms with Crippen molar-refractivity contribution >= 4 is 0 Å². The summed E-state index contributed by atoms with van der Waals surface area (Å²) in [5.74, 6) is 0. The highest BCUT2D eigenvalue weighted by Gasteiger charge is 2.34. The van der Waals surface area contributed by atoms with E-state index in [1.54, 1.807) is 12.2 Å². The number of aliphatic hydroxyl groups is 5. The van der Waals surface area contributed by atoms with Crippen molar-refractivity contribution in [2.24, 2.45) is 0 Å². The molecule has 136 valence electrons. The second kappa shape index (κ2) is 10.6. The van der Waals surface area contributed by atoms with Crippen molar-refractivity contribution in [1.29, 1.82) is 0 Å². The molecule has 0 aromatic heterocycles. The van der Waals surface area contributed by atoms with E-state index in [4.69, 9.17) is 9.84 Å². The molecule has 0 aliphatic rings. The number of allylic oxidation sites excluding steroid dienone is 1. The second-order valence-electron chi connectivity index (χ2n) is 5.80. The largest absolute Gasteiger partial charge is 0.394 e. The Labute approximate surface area is 142 Å². The lowest BCUT2D eigenvalue weighted by molar-refractivity contribution is -0.152. The Bertz CT molecular complexity index is 504. The first-order chi connectivity index (χ1) is 11.4. The average Bonchev–Trinajstić information content (AvgIpc) is 2.60. The number of hydrogen-bond donors (Lipinski definition) is 5. The van der Waals surface area contributed by atoms with Gasteiger partial charge in [0.2, 0.25) is 0 Å². The van der Waals surface area contributed by atoms with E-state index in [0.29, 0.717) is 6.42 Å². The Morgan fingerprint density at radius 1 is 1.04 bits per heavy atom. The second-order valence-corrected chi connectivity index (χ2v) is 5.80. The third-order valence-electron chi connectivity index (χ3n) is 3.98. The molecule has 0 heterocycles. The molecule has 0 fully saturated rings. The van der Waals surface area contributed by atoms with E-state index in [0.717, 1.165) is 11.1 Å². The highest BCUT2D eigenvalue weighted by atomic mass is 16.5. The molecule has 0 aliphatic heterocycles. The van der Waals surface area contributed by atoms with E-state index < -0.39 is 37.1 Å². The van der Waals surface area contributed by atoms with Crippen molar-refractivity contribution in [3.63, 3.8) is 0 Å². The summed E-state index contributed by atoms with van der Waals surface area (Å²) in [5.41, 5.74) is 2.01. The normalized spacial score (nSPS) is 18.3. The lowest BCUT2D eigenvalue weighted by atomic mass is 9.97. The summed E-state index contributed by atoms with van der Waals surface area (Å²) in [4.78, 5) is 0. The summed E-state index contributed by atoms with van der Waals surface area (Å²) in [6.07, 6.45) is -3.11. The van der Waals surface area contributed by atoms with Crippen LogP contribution in [0, 0.1) is 6.92 Å². The van der Waals surface area contributed by atoms with E-state index in [2.05, 4.69) is 0 Å². The molecule has 1 aromatic rings. The first kappa shape index (κ1) is 20.8. The molecule has 0 saturated carbocycles. The maximum atomic E-state index is 10.3. The molecule has 0 saturated heterocycles. The molecule has 5 atom stereocenters. The van der Waals surface area contributed by atoms with Gasteiger partial charge in [0.15, 0.2) is 0 Å². The first-order valence-corrected chi connectivity index (χ1v) is 8.02. The molecular weight excluding hydrogens is 312 g/mol. The fraction of sp³-hybridized carbons (Fsp3) is 0.556. The molecule has 1 rings (SSSR count). The average molecular weight is 340 g/mol. The minimum absolute atomic E-state index is 0.247. The van der Waals surface area contributed by atoms with Crippen LogP contribution in [0.1, 0.15) is 24.5 Å². The molecule has 5 unspecified atom stereocenters. The summed E-state index contributed by atoms with van der Waals surface area (Å²) in [6.45, 7) is 3.31. The molecule has 1 aromatic carbocycles. The van der Waals surface area contributed by atoms with Gasteiger partial charge in [0.05, 0.1) is 19.3 Å². The van der Waals surface area contributed by atoms with Crippen LogP contribution in [0.4, 0.5) is 0 Å². The van der Waals surface area contributed by atoms with Gasteiger partial charge in [-0.2, -0.15) is 0 Å². The van der Waals surface area contributed by atoms with Gasteiger partial charge in [-0.15, -0.1) is 0 Å². The summed E-state index contributed by atoms with van der Waals surface area (Å²) in [6, 6.07) is 7.67. The fourth-order valence-electron chi connectivity index (χ4n) is 2.30. The van der Waals surface area contributed by atoms with E-state index in [9.17, 15) is 20.4 Å². The van der Waals surface area contributed by atoms with Gasteiger partial charge < -0.3 is 30.3 Å². The van der Waals surface area contributed by atoms with Gasteiger partial charge in [-0.3, -0.25) is 0 Å². The molecule has 0 amide bonds. The van der Waals surface area contributed by atoms with E-state index in [1.165, 1.54) is 0 Å². The minimum atomic E-state index is -1.67. The van der Waals surface area contributed by atoms with Gasteiger partial charge in [-0.1, -0.05) is 36.4 Å². The van der Waals surface area contributed by atoms with Crippen LogP contribution in [0.25, 0.3) is 0 Å². The first-order valence-electron chi connectivity index (χ1n) is 8.02. The van der Waals surface area contributed by atoms with Gasteiger partial charge in [0.1, 0.15) is 24.4 Å². The van der Waals surface area contributed by atoms with Crippen LogP contribution in [0.5, 0.6) is 0 Å². The third kappa shape index (κ3) is 5.98. The van der Waals surface area contributed by atoms with Crippen molar-refractivity contribution in [1.82, 2.24) is 0 Å². The smallest absolute Gasteiger partial charge is 0.111 e. The minimum Gasteiger partial charge on any atom is -0.394 e. The summed E-state index contributed by atoms with van der Waals surface area (Å²) in [5, 5.41) is 48.4. The van der Waals surface area contributed by atoms with Crippen molar-refractivity contribution in [3.05, 3.63) is 47.5 Å². The molecule has 24 heavy (non-hydrogen) atoms. The Morgan fingerprint density at radius 3 is 2.29 bits per heavy atom. The SMILES string of the molecule is CC=CCC(OCc1ccccc1C)C(O)C(O)C(O)C(O)CO. The molecule has 5 N–H and O–H groups in total. The molecule has 0 spiro atoms. The van der Waals surface area contributed by atoms with Gasteiger partial charge in [-0.25, -0.2) is 0 Å². The van der Waals surface area contributed by atoms with Crippen LogP contribution in [0.3, 0.4) is 0 Å². The van der Waals surface area contributed by atoms with Crippen LogP contribution in [0.15, 0.2) is 36.4 Å². The van der Waals surface area contributed by atoms with E-state index in [1.807, 2.05) is 38.1 Å². The maximum Gasteiger partial charge on any atom is 0.111 e. The highest BCUT2D eigenvalue weighted by molar-refractivity contribution is 5.24. The predicted octanol–water partition coefficient (Wildman–Crippen LogP) is 0.282. The number of benzene rings is 1. The lowest BCUT2D eigenvalue weighted by Crippen LogP contribution is -2.50. The summed E-state index contributed by atoms with van der Waals surface area (Å²) >= 11 is 0. The number of ether oxygens (including phenoxy) is 1. The van der Waals surface area contributed by atoms with Crippen molar-refractivity contribution in [2.75, 3.05) is 6.61 Å². The van der Waals surface area contributed by atoms with Crippen LogP contribution in [-0.2, 0) is 11.3 Å². The van der Waals surface area contributed by atoms with Crippen LogP contribution < -0.4 is 0 Å². The standard InChI is InChI=1S/C18H28O6/c1-3-4-9-15(17(22)18(23)16(21)14(20)10-19)24-11-13-8-6-5-7-12(13)2/h3-8,14-23H,9-11H2,1-2H3. The van der Waals surface area contributed by atoms with Gasteiger partial charge in [-0.05, 0) is 31.4 Å². The zero-order valence-corrected chi connectivity index (χ0v) is 14.1. The number of hydrogen-bond acceptors (Lipinski definition) is 6. The third-order valence-corrected chi connectivity index (χ3v) is 3.98. The molecule has 0 aliphatic carbocycles. The Balaban J connectivity index is 2.78. The van der Waals surface area contributed by atoms with Gasteiger partial charge in [0.25, 0.3) is 0 Å². The zero-order chi connectivity index (χ0) is 18.1. The Kier molecular flexibility index (Phi) is 9.13.